The molecule has 0 unspecified atom stereocenters. The van der Waals surface area contributed by atoms with Gasteiger partial charge in [0.15, 0.2) is 0 Å². The van der Waals surface area contributed by atoms with Crippen LogP contribution in [0.1, 0.15) is 11.3 Å². The minimum atomic E-state index is -3.44. The second-order valence-corrected chi connectivity index (χ2v) is 9.21. The normalized spacial score (nSPS) is 11.4. The number of carbonyl (C=O) groups excluding carboxylic acids is 1. The van der Waals surface area contributed by atoms with Crippen LogP contribution < -0.4 is 10.0 Å². The Hall–Kier alpha value is -1.42. The van der Waals surface area contributed by atoms with Gasteiger partial charge in [-0.2, -0.15) is 0 Å². The van der Waals surface area contributed by atoms with Gasteiger partial charge in [0.2, 0.25) is 15.9 Å². The van der Waals surface area contributed by atoms with Gasteiger partial charge in [0.25, 0.3) is 0 Å². The van der Waals surface area contributed by atoms with Crippen LogP contribution in [0.3, 0.4) is 0 Å². The zero-order chi connectivity index (χ0) is 17.6. The molecule has 5 nitrogen and oxygen atoms in total. The summed E-state index contributed by atoms with van der Waals surface area (Å²) in [5, 5.41) is 2.76. The molecular formula is C15H17FN2O3S3. The van der Waals surface area contributed by atoms with E-state index in [9.17, 15) is 17.6 Å². The number of sulfonamides is 1. The lowest BCUT2D eigenvalue weighted by atomic mass is 10.4. The van der Waals surface area contributed by atoms with Crippen LogP contribution in [-0.2, 0) is 21.4 Å². The Bertz CT molecular complexity index is 789. The Morgan fingerprint density at radius 1 is 1.21 bits per heavy atom. The quantitative estimate of drug-likeness (QED) is 0.682. The fraction of sp³-hybridized carbons (Fsp3) is 0.267. The largest absolute Gasteiger partial charge is 0.351 e. The van der Waals surface area contributed by atoms with E-state index in [0.29, 0.717) is 18.7 Å². The highest BCUT2D eigenvalue weighted by Gasteiger charge is 2.14. The van der Waals surface area contributed by atoms with Gasteiger partial charge in [0.1, 0.15) is 10.0 Å². The Morgan fingerprint density at radius 3 is 2.58 bits per heavy atom. The van der Waals surface area contributed by atoms with E-state index in [1.807, 2.05) is 0 Å². The van der Waals surface area contributed by atoms with Crippen LogP contribution in [0.25, 0.3) is 0 Å². The SMILES string of the molecule is CNS(=O)(=O)c1ccc(CNC(=O)CCSc2ccc(F)cc2)s1. The standard InChI is InChI=1S/C15H17FN2O3S3/c1-17-24(20,21)15-7-6-13(23-15)10-18-14(19)8-9-22-12-4-2-11(16)3-5-12/h2-7,17H,8-10H2,1H3,(H,18,19). The van der Waals surface area contributed by atoms with Crippen LogP contribution in [0.4, 0.5) is 4.39 Å². The van der Waals surface area contributed by atoms with Gasteiger partial charge >= 0.3 is 0 Å². The number of carbonyl (C=O) groups is 1. The van der Waals surface area contributed by atoms with Crippen LogP contribution in [-0.4, -0.2) is 27.1 Å². The molecule has 0 saturated heterocycles. The topological polar surface area (TPSA) is 75.3 Å². The highest BCUT2D eigenvalue weighted by Crippen LogP contribution is 2.21. The molecule has 0 fully saturated rings. The van der Waals surface area contributed by atoms with E-state index in [1.54, 1.807) is 18.2 Å². The molecule has 0 atom stereocenters. The summed E-state index contributed by atoms with van der Waals surface area (Å²) >= 11 is 2.60. The van der Waals surface area contributed by atoms with Crippen molar-refractivity contribution >= 4 is 39.0 Å². The molecule has 1 amide bonds. The van der Waals surface area contributed by atoms with Crippen LogP contribution in [0.5, 0.6) is 0 Å². The first kappa shape index (κ1) is 18.9. The summed E-state index contributed by atoms with van der Waals surface area (Å²) in [6, 6.07) is 9.32. The highest BCUT2D eigenvalue weighted by molar-refractivity contribution is 7.99. The number of hydrogen-bond donors (Lipinski definition) is 2. The van der Waals surface area contributed by atoms with Crippen molar-refractivity contribution in [3.05, 3.63) is 47.1 Å². The van der Waals surface area contributed by atoms with E-state index in [2.05, 4.69) is 10.0 Å². The van der Waals surface area contributed by atoms with Crippen molar-refractivity contribution < 1.29 is 17.6 Å². The summed E-state index contributed by atoms with van der Waals surface area (Å²) in [7, 11) is -2.08. The molecule has 130 valence electrons. The third kappa shape index (κ3) is 5.59. The Morgan fingerprint density at radius 2 is 1.92 bits per heavy atom. The summed E-state index contributed by atoms with van der Waals surface area (Å²) in [5.74, 6) is 0.185. The van der Waals surface area contributed by atoms with Crippen molar-refractivity contribution in [2.24, 2.45) is 0 Å². The average molecular weight is 389 g/mol. The van der Waals surface area contributed by atoms with Crippen molar-refractivity contribution in [3.63, 3.8) is 0 Å². The summed E-state index contributed by atoms with van der Waals surface area (Å²) in [6.45, 7) is 0.296. The first-order valence-electron chi connectivity index (χ1n) is 7.08. The summed E-state index contributed by atoms with van der Waals surface area (Å²) in [6.07, 6.45) is 0.328. The molecule has 9 heteroatoms. The van der Waals surface area contributed by atoms with Crippen LogP contribution in [0.15, 0.2) is 45.5 Å². The predicted octanol–water partition coefficient (Wildman–Crippen LogP) is 2.59. The minimum absolute atomic E-state index is 0.115. The summed E-state index contributed by atoms with van der Waals surface area (Å²) in [4.78, 5) is 13.5. The van der Waals surface area contributed by atoms with Crippen molar-refractivity contribution in [3.8, 4) is 0 Å². The van der Waals surface area contributed by atoms with E-state index in [1.165, 1.54) is 37.0 Å². The third-order valence-corrected chi connectivity index (χ3v) is 7.05. The molecule has 2 rings (SSSR count). The van der Waals surface area contributed by atoms with Crippen molar-refractivity contribution in [1.29, 1.82) is 0 Å². The molecule has 0 aliphatic rings. The van der Waals surface area contributed by atoms with Gasteiger partial charge in [-0.3, -0.25) is 4.79 Å². The first-order valence-corrected chi connectivity index (χ1v) is 10.4. The Balaban J connectivity index is 1.74. The molecule has 2 N–H and O–H groups in total. The van der Waals surface area contributed by atoms with Crippen molar-refractivity contribution in [2.45, 2.75) is 22.1 Å². The average Bonchev–Trinajstić information content (AvgIpc) is 3.05. The second kappa shape index (κ2) is 8.61. The molecule has 0 aliphatic carbocycles. The second-order valence-electron chi connectivity index (χ2n) is 4.76. The van der Waals surface area contributed by atoms with E-state index in [4.69, 9.17) is 0 Å². The van der Waals surface area contributed by atoms with Gasteiger partial charge in [-0.1, -0.05) is 0 Å². The molecule has 0 radical (unpaired) electrons. The number of thioether (sulfide) groups is 1. The zero-order valence-electron chi connectivity index (χ0n) is 12.9. The van der Waals surface area contributed by atoms with Gasteiger partial charge < -0.3 is 5.32 Å². The molecule has 1 aromatic heterocycles. The molecule has 0 aliphatic heterocycles. The third-order valence-electron chi connectivity index (χ3n) is 3.04. The molecule has 24 heavy (non-hydrogen) atoms. The molecule has 0 spiro atoms. The first-order chi connectivity index (χ1) is 11.4. The lowest BCUT2D eigenvalue weighted by molar-refractivity contribution is -0.120. The van der Waals surface area contributed by atoms with Crippen molar-refractivity contribution in [2.75, 3.05) is 12.8 Å². The maximum atomic E-state index is 12.8. The summed E-state index contributed by atoms with van der Waals surface area (Å²) in [5.41, 5.74) is 0. The van der Waals surface area contributed by atoms with Gasteiger partial charge in [0, 0.05) is 21.9 Å². The number of benzene rings is 1. The number of nitrogens with one attached hydrogen (secondary N) is 2. The number of rotatable bonds is 8. The van der Waals surface area contributed by atoms with Gasteiger partial charge in [-0.05, 0) is 43.4 Å². The lowest BCUT2D eigenvalue weighted by Crippen LogP contribution is -2.22. The smallest absolute Gasteiger partial charge is 0.249 e. The molecule has 2 aromatic rings. The molecule has 1 aromatic carbocycles. The molecular weight excluding hydrogens is 371 g/mol. The van der Waals surface area contributed by atoms with E-state index < -0.39 is 10.0 Å². The maximum Gasteiger partial charge on any atom is 0.249 e. The zero-order valence-corrected chi connectivity index (χ0v) is 15.4. The number of amides is 1. The molecule has 0 saturated carbocycles. The van der Waals surface area contributed by atoms with Gasteiger partial charge in [-0.25, -0.2) is 17.5 Å². The highest BCUT2D eigenvalue weighted by atomic mass is 32.2. The molecule has 1 heterocycles. The molecule has 0 bridgehead atoms. The Labute approximate surface area is 148 Å². The maximum absolute atomic E-state index is 12.8. The Kier molecular flexibility index (Phi) is 6.79. The fourth-order valence-corrected chi connectivity index (χ4v) is 4.75. The van der Waals surface area contributed by atoms with E-state index in [0.717, 1.165) is 21.1 Å². The number of thiophene rings is 1. The predicted molar refractivity (Wildman–Crippen MR) is 94.2 cm³/mol. The fourth-order valence-electron chi connectivity index (χ4n) is 1.76. The van der Waals surface area contributed by atoms with Crippen LogP contribution in [0, 0.1) is 5.82 Å². The van der Waals surface area contributed by atoms with Crippen molar-refractivity contribution in [1.82, 2.24) is 10.0 Å². The number of halogens is 1. The van der Waals surface area contributed by atoms with Gasteiger partial charge in [-0.15, -0.1) is 23.1 Å². The van der Waals surface area contributed by atoms with Gasteiger partial charge in [0.05, 0.1) is 6.54 Å². The van der Waals surface area contributed by atoms with Crippen LogP contribution in [0.2, 0.25) is 0 Å². The monoisotopic (exact) mass is 388 g/mol. The number of hydrogen-bond acceptors (Lipinski definition) is 5. The summed E-state index contributed by atoms with van der Waals surface area (Å²) < 4.78 is 38.5. The van der Waals surface area contributed by atoms with E-state index in [-0.39, 0.29) is 15.9 Å². The van der Waals surface area contributed by atoms with E-state index >= 15 is 0 Å². The van der Waals surface area contributed by atoms with Crippen LogP contribution >= 0.6 is 23.1 Å². The lowest BCUT2D eigenvalue weighted by Gasteiger charge is -2.04. The minimum Gasteiger partial charge on any atom is -0.351 e.